The van der Waals surface area contributed by atoms with Gasteiger partial charge in [-0.05, 0) is 88.1 Å². The van der Waals surface area contributed by atoms with E-state index >= 15 is 0 Å². The Kier molecular flexibility index (Phi) is 6.61. The molecule has 0 radical (unpaired) electrons. The number of carboxylic acid groups (broad SMARTS) is 1. The van der Waals surface area contributed by atoms with E-state index in [9.17, 15) is 9.59 Å². The number of rotatable bonds is 7. The monoisotopic (exact) mass is 414 g/mol. The molecule has 3 saturated heterocycles. The van der Waals surface area contributed by atoms with Gasteiger partial charge in [-0.1, -0.05) is 12.1 Å². The van der Waals surface area contributed by atoms with Gasteiger partial charge < -0.3 is 14.7 Å². The fourth-order valence-electron chi connectivity index (χ4n) is 6.05. The highest BCUT2D eigenvalue weighted by Gasteiger charge is 2.49. The molecule has 3 heterocycles. The first kappa shape index (κ1) is 21.2. The summed E-state index contributed by atoms with van der Waals surface area (Å²) in [5.74, 6) is 0.990. The summed E-state index contributed by atoms with van der Waals surface area (Å²) in [5, 5.41) is 9.11. The van der Waals surface area contributed by atoms with Gasteiger partial charge in [0.25, 0.3) is 5.91 Å². The quantitative estimate of drug-likeness (QED) is 0.741. The van der Waals surface area contributed by atoms with Crippen LogP contribution in [0.15, 0.2) is 24.3 Å². The summed E-state index contributed by atoms with van der Waals surface area (Å²) in [6.45, 7) is 5.18. The Morgan fingerprint density at radius 1 is 1.20 bits per heavy atom. The molecule has 3 aliphatic heterocycles. The summed E-state index contributed by atoms with van der Waals surface area (Å²) in [6.07, 6.45) is 6.26. The van der Waals surface area contributed by atoms with E-state index in [0.29, 0.717) is 24.3 Å². The van der Waals surface area contributed by atoms with Crippen LogP contribution in [-0.2, 0) is 9.59 Å². The second-order valence-electron chi connectivity index (χ2n) is 9.24. The molecule has 1 aromatic carbocycles. The van der Waals surface area contributed by atoms with Crippen molar-refractivity contribution < 1.29 is 19.4 Å². The van der Waals surface area contributed by atoms with Crippen molar-refractivity contribution in [3.8, 4) is 5.75 Å². The van der Waals surface area contributed by atoms with Crippen LogP contribution in [0, 0.1) is 18.8 Å². The molecule has 0 saturated carbocycles. The average molecular weight is 415 g/mol. The van der Waals surface area contributed by atoms with Gasteiger partial charge >= 0.3 is 5.97 Å². The topological polar surface area (TPSA) is 70.1 Å². The van der Waals surface area contributed by atoms with E-state index in [1.54, 1.807) is 0 Å². The minimum absolute atomic E-state index is 0.0398. The smallest absolute Gasteiger partial charge is 0.303 e. The number of likely N-dealkylation sites (tertiary alicyclic amines) is 1. The number of carboxylic acids is 1. The number of benzene rings is 1. The minimum atomic E-state index is -0.757. The number of amides is 1. The predicted octanol–water partition coefficient (Wildman–Crippen LogP) is 3.33. The molecule has 6 nitrogen and oxygen atoms in total. The van der Waals surface area contributed by atoms with Gasteiger partial charge in [-0.2, -0.15) is 0 Å². The number of piperidine rings is 3. The summed E-state index contributed by atoms with van der Waals surface area (Å²) >= 11 is 0. The molecule has 0 bridgehead atoms. The summed E-state index contributed by atoms with van der Waals surface area (Å²) in [7, 11) is 0. The van der Waals surface area contributed by atoms with Crippen molar-refractivity contribution in [2.75, 3.05) is 26.2 Å². The molecule has 4 atom stereocenters. The molecule has 30 heavy (non-hydrogen) atoms. The summed E-state index contributed by atoms with van der Waals surface area (Å²) in [6, 6.07) is 8.47. The Hall–Kier alpha value is -2.08. The maximum absolute atomic E-state index is 13.3. The third-order valence-corrected chi connectivity index (χ3v) is 7.23. The summed E-state index contributed by atoms with van der Waals surface area (Å²) in [5.41, 5.74) is 1.11. The van der Waals surface area contributed by atoms with Gasteiger partial charge in [0.05, 0.1) is 0 Å². The predicted molar refractivity (Wildman–Crippen MR) is 114 cm³/mol. The Balaban J connectivity index is 1.49. The lowest BCUT2D eigenvalue weighted by atomic mass is 9.69. The molecule has 0 aliphatic carbocycles. The van der Waals surface area contributed by atoms with E-state index in [1.165, 1.54) is 32.4 Å². The first-order valence-electron chi connectivity index (χ1n) is 11.5. The lowest BCUT2D eigenvalue weighted by Gasteiger charge is -2.57. The van der Waals surface area contributed by atoms with Crippen molar-refractivity contribution in [2.24, 2.45) is 11.8 Å². The number of hydrogen-bond acceptors (Lipinski definition) is 4. The van der Waals surface area contributed by atoms with Crippen molar-refractivity contribution >= 4 is 11.9 Å². The molecule has 3 aliphatic rings. The zero-order chi connectivity index (χ0) is 21.1. The number of nitrogens with zero attached hydrogens (tertiary/aromatic N) is 2. The van der Waals surface area contributed by atoms with E-state index in [1.807, 2.05) is 31.2 Å². The second kappa shape index (κ2) is 9.38. The first-order chi connectivity index (χ1) is 14.5. The standard InChI is InChI=1S/C24H34N2O4/c1-17-6-2-8-19(14-17)30-16-22(27)26-15-18-7-4-12-25-13-5-9-20(24(18)25)21(26)10-3-11-23(28)29/h2,6,8,14,18,20-21,24H,3-5,7,9-13,15-16H2,1H3,(H,28,29)/t18-,20+,21+,24-/m0/s1. The first-order valence-corrected chi connectivity index (χ1v) is 11.5. The van der Waals surface area contributed by atoms with Crippen molar-refractivity contribution in [2.45, 2.75) is 64.0 Å². The number of aryl methyl sites for hydroxylation is 1. The van der Waals surface area contributed by atoms with Gasteiger partial charge in [0.1, 0.15) is 5.75 Å². The molecular formula is C24H34N2O4. The average Bonchev–Trinajstić information content (AvgIpc) is 2.73. The molecule has 6 heteroatoms. The van der Waals surface area contributed by atoms with Gasteiger partial charge in [0, 0.05) is 25.0 Å². The molecule has 0 aromatic heterocycles. The molecule has 1 amide bonds. The molecule has 1 aromatic rings. The third-order valence-electron chi connectivity index (χ3n) is 7.23. The zero-order valence-corrected chi connectivity index (χ0v) is 18.0. The Bertz CT molecular complexity index is 765. The van der Waals surface area contributed by atoms with Crippen LogP contribution in [0.5, 0.6) is 5.75 Å². The second-order valence-corrected chi connectivity index (χ2v) is 9.24. The highest BCUT2D eigenvalue weighted by atomic mass is 16.5. The lowest BCUT2D eigenvalue weighted by Crippen LogP contribution is -2.66. The van der Waals surface area contributed by atoms with Crippen LogP contribution in [-0.4, -0.2) is 65.1 Å². The van der Waals surface area contributed by atoms with Gasteiger partial charge in [0.15, 0.2) is 6.61 Å². The molecule has 0 unspecified atom stereocenters. The maximum atomic E-state index is 13.3. The zero-order valence-electron chi connectivity index (χ0n) is 18.0. The fraction of sp³-hybridized carbons (Fsp3) is 0.667. The van der Waals surface area contributed by atoms with Crippen molar-refractivity contribution in [3.63, 3.8) is 0 Å². The van der Waals surface area contributed by atoms with Gasteiger partial charge in [-0.3, -0.25) is 14.5 Å². The highest BCUT2D eigenvalue weighted by molar-refractivity contribution is 5.78. The van der Waals surface area contributed by atoms with Crippen LogP contribution in [0.25, 0.3) is 0 Å². The largest absolute Gasteiger partial charge is 0.484 e. The summed E-state index contributed by atoms with van der Waals surface area (Å²) < 4.78 is 5.84. The van der Waals surface area contributed by atoms with Crippen LogP contribution in [0.4, 0.5) is 0 Å². The van der Waals surface area contributed by atoms with Crippen LogP contribution in [0.1, 0.15) is 50.5 Å². The highest BCUT2D eigenvalue weighted by Crippen LogP contribution is 2.43. The number of hydrogen-bond donors (Lipinski definition) is 1. The lowest BCUT2D eigenvalue weighted by molar-refractivity contribution is -0.148. The normalized spacial score (nSPS) is 28.6. The van der Waals surface area contributed by atoms with Gasteiger partial charge in [-0.15, -0.1) is 0 Å². The SMILES string of the molecule is Cc1cccc(OCC(=O)N2C[C@@H]3CCCN4CCC[C@@H]([C@H]34)[C@H]2CCCC(=O)O)c1. The van der Waals surface area contributed by atoms with Crippen molar-refractivity contribution in [3.05, 3.63) is 29.8 Å². The number of carbonyl (C=O) groups excluding carboxylic acids is 1. The molecule has 0 spiro atoms. The van der Waals surface area contributed by atoms with Crippen molar-refractivity contribution in [1.29, 1.82) is 0 Å². The molecule has 3 fully saturated rings. The van der Waals surface area contributed by atoms with Gasteiger partial charge in [-0.25, -0.2) is 0 Å². The number of aliphatic carboxylic acids is 1. The molecule has 4 rings (SSSR count). The third kappa shape index (κ3) is 4.64. The van der Waals surface area contributed by atoms with E-state index < -0.39 is 5.97 Å². The van der Waals surface area contributed by atoms with Crippen LogP contribution in [0.2, 0.25) is 0 Å². The Morgan fingerprint density at radius 3 is 2.77 bits per heavy atom. The van der Waals surface area contributed by atoms with E-state index in [2.05, 4.69) is 9.80 Å². The maximum Gasteiger partial charge on any atom is 0.303 e. The van der Waals surface area contributed by atoms with Crippen molar-refractivity contribution in [1.82, 2.24) is 9.80 Å². The van der Waals surface area contributed by atoms with E-state index in [4.69, 9.17) is 9.84 Å². The fourth-order valence-corrected chi connectivity index (χ4v) is 6.05. The summed E-state index contributed by atoms with van der Waals surface area (Å²) in [4.78, 5) is 29.1. The number of carbonyl (C=O) groups is 2. The number of ether oxygens (including phenoxy) is 1. The van der Waals surface area contributed by atoms with Crippen LogP contribution < -0.4 is 4.74 Å². The van der Waals surface area contributed by atoms with Crippen LogP contribution in [0.3, 0.4) is 0 Å². The Morgan fingerprint density at radius 2 is 2.00 bits per heavy atom. The Labute approximate surface area is 179 Å². The van der Waals surface area contributed by atoms with E-state index in [0.717, 1.165) is 30.7 Å². The molecular weight excluding hydrogens is 380 g/mol. The van der Waals surface area contributed by atoms with E-state index in [-0.39, 0.29) is 25.0 Å². The van der Waals surface area contributed by atoms with Gasteiger partial charge in [0.2, 0.25) is 0 Å². The van der Waals surface area contributed by atoms with Crippen LogP contribution >= 0.6 is 0 Å². The minimum Gasteiger partial charge on any atom is -0.484 e. The molecule has 1 N–H and O–H groups in total. The molecule has 164 valence electrons.